The molecule has 3 aliphatic rings. The first-order chi connectivity index (χ1) is 9.63. The molecule has 0 aromatic carbocycles. The lowest BCUT2D eigenvalue weighted by Gasteiger charge is -2.39. The molecule has 112 valence electrons. The van der Waals surface area contributed by atoms with Crippen molar-refractivity contribution in [1.82, 2.24) is 10.2 Å². The number of carboxylic acids is 1. The second kappa shape index (κ2) is 5.72. The summed E-state index contributed by atoms with van der Waals surface area (Å²) < 4.78 is 0. The molecule has 0 radical (unpaired) electrons. The Morgan fingerprint density at radius 3 is 2.35 bits per heavy atom. The molecule has 3 heterocycles. The maximum atomic E-state index is 12.5. The van der Waals surface area contributed by atoms with Crippen LogP contribution in [0.1, 0.15) is 51.4 Å². The van der Waals surface area contributed by atoms with Gasteiger partial charge in [0.1, 0.15) is 0 Å². The van der Waals surface area contributed by atoms with Crippen molar-refractivity contribution in [2.75, 3.05) is 6.54 Å². The highest BCUT2D eigenvalue weighted by Gasteiger charge is 2.43. The van der Waals surface area contributed by atoms with Gasteiger partial charge in [-0.2, -0.15) is 0 Å². The Balaban J connectivity index is 1.58. The quantitative estimate of drug-likeness (QED) is 0.816. The summed E-state index contributed by atoms with van der Waals surface area (Å²) >= 11 is 0. The first-order valence-corrected chi connectivity index (χ1v) is 7.90. The van der Waals surface area contributed by atoms with Gasteiger partial charge in [0.15, 0.2) is 0 Å². The molecule has 0 aliphatic carbocycles. The Labute approximate surface area is 119 Å². The molecule has 0 saturated carbocycles. The van der Waals surface area contributed by atoms with Crippen LogP contribution in [0.25, 0.3) is 0 Å². The van der Waals surface area contributed by atoms with Crippen molar-refractivity contribution in [1.29, 1.82) is 0 Å². The number of carbonyl (C=O) groups excluding carboxylic acids is 1. The Morgan fingerprint density at radius 2 is 1.80 bits per heavy atom. The van der Waals surface area contributed by atoms with Gasteiger partial charge in [-0.15, -0.1) is 0 Å². The van der Waals surface area contributed by atoms with E-state index < -0.39 is 5.97 Å². The minimum absolute atomic E-state index is 0.263. The van der Waals surface area contributed by atoms with Crippen molar-refractivity contribution in [3.05, 3.63) is 0 Å². The molecule has 0 aromatic heterocycles. The fraction of sp³-hybridized carbons (Fsp3) is 0.867. The third-order valence-electron chi connectivity index (χ3n) is 5.17. The summed E-state index contributed by atoms with van der Waals surface area (Å²) in [6.07, 6.45) is 7.05. The lowest BCUT2D eigenvalue weighted by molar-refractivity contribution is -0.140. The number of hydrogen-bond acceptors (Lipinski definition) is 3. The van der Waals surface area contributed by atoms with E-state index in [1.165, 1.54) is 6.42 Å². The van der Waals surface area contributed by atoms with Crippen molar-refractivity contribution < 1.29 is 14.7 Å². The Kier molecular flexibility index (Phi) is 3.96. The molecule has 1 amide bonds. The van der Waals surface area contributed by atoms with Crippen LogP contribution in [0.4, 0.5) is 0 Å². The number of aliphatic carboxylic acids is 1. The highest BCUT2D eigenvalue weighted by atomic mass is 16.4. The van der Waals surface area contributed by atoms with Gasteiger partial charge in [-0.1, -0.05) is 0 Å². The molecular formula is C15H24N2O3. The van der Waals surface area contributed by atoms with Crippen molar-refractivity contribution in [3.63, 3.8) is 0 Å². The minimum Gasteiger partial charge on any atom is -0.481 e. The third kappa shape index (κ3) is 2.82. The second-order valence-corrected chi connectivity index (χ2v) is 6.62. The van der Waals surface area contributed by atoms with Crippen LogP contribution in [0.5, 0.6) is 0 Å². The summed E-state index contributed by atoms with van der Waals surface area (Å²) in [5.41, 5.74) is 0. The number of amides is 1. The lowest BCUT2D eigenvalue weighted by atomic mass is 9.88. The fourth-order valence-corrected chi connectivity index (χ4v) is 4.36. The molecule has 3 atom stereocenters. The van der Waals surface area contributed by atoms with E-state index in [1.54, 1.807) is 0 Å². The van der Waals surface area contributed by atoms with Crippen molar-refractivity contribution in [3.8, 4) is 0 Å². The van der Waals surface area contributed by atoms with E-state index in [4.69, 9.17) is 5.11 Å². The third-order valence-corrected chi connectivity index (χ3v) is 5.17. The molecular weight excluding hydrogens is 256 g/mol. The van der Waals surface area contributed by atoms with E-state index in [1.807, 2.05) is 0 Å². The summed E-state index contributed by atoms with van der Waals surface area (Å²) in [5.74, 6) is -0.159. The maximum Gasteiger partial charge on any atom is 0.303 e. The van der Waals surface area contributed by atoms with E-state index in [0.29, 0.717) is 24.5 Å². The Morgan fingerprint density at radius 1 is 1.10 bits per heavy atom. The Hall–Kier alpha value is -1.10. The van der Waals surface area contributed by atoms with Crippen molar-refractivity contribution in [2.24, 2.45) is 5.92 Å². The number of piperidine rings is 1. The molecule has 0 aromatic rings. The van der Waals surface area contributed by atoms with Gasteiger partial charge in [-0.25, -0.2) is 0 Å². The van der Waals surface area contributed by atoms with Crippen LogP contribution < -0.4 is 5.32 Å². The summed E-state index contributed by atoms with van der Waals surface area (Å²) in [5, 5.41) is 12.3. The smallest absolute Gasteiger partial charge is 0.303 e. The standard InChI is InChI=1S/C15H24N2O3/c18-14(9-11-2-1-5-16-11)17-12-3-4-13(17)7-10(6-12)8-15(19)20/h10-13,16H,1-9H2,(H,19,20). The molecule has 0 spiro atoms. The van der Waals surface area contributed by atoms with E-state index in [-0.39, 0.29) is 18.2 Å². The average molecular weight is 280 g/mol. The zero-order valence-corrected chi connectivity index (χ0v) is 11.9. The van der Waals surface area contributed by atoms with Crippen LogP contribution in [0, 0.1) is 5.92 Å². The number of fused-ring (bicyclic) bond motifs is 2. The normalized spacial score (nSPS) is 36.3. The lowest BCUT2D eigenvalue weighted by Crippen LogP contribution is -2.48. The first-order valence-electron chi connectivity index (χ1n) is 7.90. The number of nitrogens with one attached hydrogen (secondary N) is 1. The molecule has 2 bridgehead atoms. The minimum atomic E-state index is -0.704. The van der Waals surface area contributed by atoms with Crippen LogP contribution >= 0.6 is 0 Å². The van der Waals surface area contributed by atoms with Gasteiger partial charge in [0.25, 0.3) is 0 Å². The van der Waals surface area contributed by atoms with E-state index >= 15 is 0 Å². The number of carboxylic acid groups (broad SMARTS) is 1. The van der Waals surface area contributed by atoms with Gasteiger partial charge < -0.3 is 15.3 Å². The average Bonchev–Trinajstić information content (AvgIpc) is 2.95. The molecule has 2 N–H and O–H groups in total. The van der Waals surface area contributed by atoms with E-state index in [9.17, 15) is 9.59 Å². The SMILES string of the molecule is O=C(O)CC1CC2CCC(C1)N2C(=O)CC1CCCN1. The van der Waals surface area contributed by atoms with Gasteiger partial charge in [0.05, 0.1) is 0 Å². The molecule has 5 nitrogen and oxygen atoms in total. The topological polar surface area (TPSA) is 69.6 Å². The molecule has 3 rings (SSSR count). The summed E-state index contributed by atoms with van der Waals surface area (Å²) in [6, 6.07) is 0.956. The molecule has 3 unspecified atom stereocenters. The maximum absolute atomic E-state index is 12.5. The van der Waals surface area contributed by atoms with Crippen LogP contribution in [0.2, 0.25) is 0 Å². The number of carbonyl (C=O) groups is 2. The fourth-order valence-electron chi connectivity index (χ4n) is 4.36. The highest BCUT2D eigenvalue weighted by Crippen LogP contribution is 2.40. The molecule has 20 heavy (non-hydrogen) atoms. The van der Waals surface area contributed by atoms with Gasteiger partial charge in [0.2, 0.25) is 5.91 Å². The summed E-state index contributed by atoms with van der Waals surface area (Å²) in [4.78, 5) is 25.5. The predicted molar refractivity (Wildman–Crippen MR) is 74.3 cm³/mol. The monoisotopic (exact) mass is 280 g/mol. The Bertz CT molecular complexity index is 379. The van der Waals surface area contributed by atoms with E-state index in [0.717, 1.165) is 38.6 Å². The van der Waals surface area contributed by atoms with Gasteiger partial charge >= 0.3 is 5.97 Å². The van der Waals surface area contributed by atoms with Crippen molar-refractivity contribution in [2.45, 2.75) is 69.5 Å². The second-order valence-electron chi connectivity index (χ2n) is 6.62. The molecule has 3 fully saturated rings. The van der Waals surface area contributed by atoms with Crippen LogP contribution in [0.15, 0.2) is 0 Å². The van der Waals surface area contributed by atoms with Gasteiger partial charge in [0, 0.05) is 31.0 Å². The molecule has 5 heteroatoms. The zero-order chi connectivity index (χ0) is 14.1. The number of rotatable bonds is 4. The summed E-state index contributed by atoms with van der Waals surface area (Å²) in [7, 11) is 0. The molecule has 3 aliphatic heterocycles. The van der Waals surface area contributed by atoms with Gasteiger partial charge in [-0.05, 0) is 51.0 Å². The van der Waals surface area contributed by atoms with Crippen molar-refractivity contribution >= 4 is 11.9 Å². The van der Waals surface area contributed by atoms with Crippen LogP contribution in [-0.4, -0.2) is 46.6 Å². The van der Waals surface area contributed by atoms with Crippen LogP contribution in [-0.2, 0) is 9.59 Å². The van der Waals surface area contributed by atoms with E-state index in [2.05, 4.69) is 10.2 Å². The number of hydrogen-bond donors (Lipinski definition) is 2. The molecule has 3 saturated heterocycles. The summed E-state index contributed by atoms with van der Waals surface area (Å²) in [6.45, 7) is 1.03. The zero-order valence-electron chi connectivity index (χ0n) is 11.9. The van der Waals surface area contributed by atoms with Crippen LogP contribution in [0.3, 0.4) is 0 Å². The predicted octanol–water partition coefficient (Wildman–Crippen LogP) is 1.37. The largest absolute Gasteiger partial charge is 0.481 e. The first kappa shape index (κ1) is 13.9. The number of nitrogens with zero attached hydrogens (tertiary/aromatic N) is 1. The van der Waals surface area contributed by atoms with Gasteiger partial charge in [-0.3, -0.25) is 9.59 Å². The highest BCUT2D eigenvalue weighted by molar-refractivity contribution is 5.78.